The predicted octanol–water partition coefficient (Wildman–Crippen LogP) is 0.725. The Bertz CT molecular complexity index is 794. The number of aliphatic hydroxyl groups excluding tert-OH is 3. The summed E-state index contributed by atoms with van der Waals surface area (Å²) in [6.07, 6.45) is 3.45. The van der Waals surface area contributed by atoms with Gasteiger partial charge in [0.05, 0.1) is 23.9 Å². The van der Waals surface area contributed by atoms with Crippen molar-refractivity contribution in [1.82, 2.24) is 0 Å². The highest BCUT2D eigenvalue weighted by atomic mass is 16.5. The van der Waals surface area contributed by atoms with Gasteiger partial charge in [-0.3, -0.25) is 0 Å². The highest BCUT2D eigenvalue weighted by molar-refractivity contribution is 5.85. The molecule has 4 saturated carbocycles. The molecule has 30 heavy (non-hydrogen) atoms. The Labute approximate surface area is 176 Å². The van der Waals surface area contributed by atoms with Crippen LogP contribution < -0.4 is 0 Å². The number of esters is 1. The number of aliphatic hydroxyl groups is 4. The van der Waals surface area contributed by atoms with Gasteiger partial charge in [0.25, 0.3) is 0 Å². The minimum absolute atomic E-state index is 0.0134. The van der Waals surface area contributed by atoms with Gasteiger partial charge in [-0.2, -0.15) is 0 Å². The minimum atomic E-state index is -1.37. The van der Waals surface area contributed by atoms with E-state index in [1.807, 2.05) is 6.92 Å². The molecule has 0 unspecified atom stereocenters. The smallest absolute Gasteiger partial charge is 0.331 e. The summed E-state index contributed by atoms with van der Waals surface area (Å²) in [6.45, 7) is 2.22. The quantitative estimate of drug-likeness (QED) is 0.383. The first-order valence-corrected chi connectivity index (χ1v) is 11.3. The van der Waals surface area contributed by atoms with Crippen LogP contribution in [0.1, 0.15) is 51.9 Å². The van der Waals surface area contributed by atoms with Crippen LogP contribution in [0.25, 0.3) is 0 Å². The summed E-state index contributed by atoms with van der Waals surface area (Å²) in [4.78, 5) is 24.1. The van der Waals surface area contributed by atoms with Crippen LogP contribution in [0.2, 0.25) is 0 Å². The fourth-order valence-electron chi connectivity index (χ4n) is 8.33. The lowest BCUT2D eigenvalue weighted by Gasteiger charge is -2.63. The topological polar surface area (TPSA) is 124 Å². The van der Waals surface area contributed by atoms with Crippen LogP contribution >= 0.6 is 0 Å². The third-order valence-electron chi connectivity index (χ3n) is 9.84. The molecule has 0 saturated heterocycles. The van der Waals surface area contributed by atoms with Crippen molar-refractivity contribution in [2.75, 3.05) is 6.61 Å². The molecule has 1 aliphatic heterocycles. The van der Waals surface area contributed by atoms with E-state index in [0.717, 1.165) is 11.9 Å². The van der Waals surface area contributed by atoms with Gasteiger partial charge in [-0.15, -0.1) is 0 Å². The van der Waals surface area contributed by atoms with Gasteiger partial charge in [0.2, 0.25) is 0 Å². The first-order chi connectivity index (χ1) is 14.2. The van der Waals surface area contributed by atoms with Gasteiger partial charge in [0.15, 0.2) is 0 Å². The lowest BCUT2D eigenvalue weighted by atomic mass is 9.42. The van der Waals surface area contributed by atoms with E-state index in [1.165, 1.54) is 6.08 Å². The highest BCUT2D eigenvalue weighted by Crippen LogP contribution is 2.69. The largest absolute Gasteiger partial charge is 0.458 e. The van der Waals surface area contributed by atoms with E-state index < -0.39 is 34.7 Å². The first kappa shape index (κ1) is 20.6. The van der Waals surface area contributed by atoms with Crippen LogP contribution in [0.3, 0.4) is 0 Å². The maximum absolute atomic E-state index is 12.5. The number of hydrogen-bond donors (Lipinski definition) is 4. The van der Waals surface area contributed by atoms with E-state index in [-0.39, 0.29) is 42.7 Å². The normalized spacial score (nSPS) is 55.2. The van der Waals surface area contributed by atoms with Crippen LogP contribution in [-0.4, -0.2) is 63.2 Å². The molecule has 166 valence electrons. The second-order valence-corrected chi connectivity index (χ2v) is 10.7. The third-order valence-corrected chi connectivity index (χ3v) is 9.84. The molecule has 5 aliphatic rings. The van der Waals surface area contributed by atoms with E-state index in [9.17, 15) is 30.0 Å². The number of hydrogen-bond acceptors (Lipinski definition) is 7. The number of carbonyl (C=O) groups excluding carboxylic acids is 2. The van der Waals surface area contributed by atoms with Crippen LogP contribution in [-0.2, 0) is 14.3 Å². The number of cyclic esters (lactones) is 1. The van der Waals surface area contributed by atoms with E-state index in [4.69, 9.17) is 4.74 Å². The second-order valence-electron chi connectivity index (χ2n) is 10.7. The molecular weight excluding hydrogens is 388 g/mol. The van der Waals surface area contributed by atoms with Gasteiger partial charge in [-0.25, -0.2) is 4.79 Å². The van der Waals surface area contributed by atoms with Gasteiger partial charge in [0, 0.05) is 16.9 Å². The Kier molecular flexibility index (Phi) is 4.54. The van der Waals surface area contributed by atoms with E-state index >= 15 is 0 Å². The van der Waals surface area contributed by atoms with E-state index in [2.05, 4.69) is 0 Å². The Morgan fingerprint density at radius 1 is 1.10 bits per heavy atom. The summed E-state index contributed by atoms with van der Waals surface area (Å²) in [5.74, 6) is -0.937. The fraction of sp³-hybridized carbons (Fsp3) is 0.826. The SMILES string of the molecule is C[C@]12CC[C@H]3[C@@H](CC[C@H]4C[C@@H](O)[C@H](O)C[C@@]43C=O)[C@@]1(O)[C@H](O)C[C@@H]2C1=CC(=O)OC1. The molecule has 7 nitrogen and oxygen atoms in total. The monoisotopic (exact) mass is 420 g/mol. The van der Waals surface area contributed by atoms with Gasteiger partial charge < -0.3 is 30.0 Å². The van der Waals surface area contributed by atoms with Crippen molar-refractivity contribution in [3.8, 4) is 0 Å². The lowest BCUT2D eigenvalue weighted by Crippen LogP contribution is -2.67. The molecule has 4 aliphatic carbocycles. The summed E-state index contributed by atoms with van der Waals surface area (Å²) >= 11 is 0. The predicted molar refractivity (Wildman–Crippen MR) is 105 cm³/mol. The van der Waals surface area contributed by atoms with Gasteiger partial charge in [-0.05, 0) is 74.2 Å². The van der Waals surface area contributed by atoms with E-state index in [1.54, 1.807) is 0 Å². The molecule has 4 fully saturated rings. The molecule has 10 atom stereocenters. The molecule has 1 heterocycles. The van der Waals surface area contributed by atoms with Crippen LogP contribution in [0.15, 0.2) is 11.6 Å². The first-order valence-electron chi connectivity index (χ1n) is 11.3. The van der Waals surface area contributed by atoms with E-state index in [0.29, 0.717) is 38.5 Å². The summed E-state index contributed by atoms with van der Waals surface area (Å²) in [7, 11) is 0. The van der Waals surface area contributed by atoms with Crippen molar-refractivity contribution < 1.29 is 34.8 Å². The van der Waals surface area contributed by atoms with Crippen molar-refractivity contribution in [2.45, 2.75) is 75.8 Å². The van der Waals surface area contributed by atoms with Gasteiger partial charge >= 0.3 is 5.97 Å². The standard InChI is InChI=1S/C23H32O7/c1-21-5-4-14-15(3-2-13-7-17(25)18(26)9-22(13,14)11-24)23(21,29)19(27)8-16(21)12-6-20(28)30-10-12/h6,11,13-19,25-27,29H,2-5,7-10H2,1H3/t13-,14-,15+,16+,17+,18+,19+,21+,22+,23+/m0/s1. The zero-order valence-corrected chi connectivity index (χ0v) is 17.4. The summed E-state index contributed by atoms with van der Waals surface area (Å²) in [5, 5.41) is 43.8. The van der Waals surface area contributed by atoms with Crippen molar-refractivity contribution in [1.29, 1.82) is 0 Å². The summed E-state index contributed by atoms with van der Waals surface area (Å²) in [6, 6.07) is 0. The molecule has 5 rings (SSSR count). The number of ether oxygens (including phenoxy) is 1. The maximum Gasteiger partial charge on any atom is 0.331 e. The van der Waals surface area contributed by atoms with Crippen molar-refractivity contribution >= 4 is 12.3 Å². The van der Waals surface area contributed by atoms with Gasteiger partial charge in [-0.1, -0.05) is 6.92 Å². The second kappa shape index (κ2) is 6.61. The average Bonchev–Trinajstić information content (AvgIpc) is 3.23. The zero-order valence-electron chi connectivity index (χ0n) is 17.4. The number of rotatable bonds is 2. The third kappa shape index (κ3) is 2.41. The molecule has 0 bridgehead atoms. The average molecular weight is 421 g/mol. The Morgan fingerprint density at radius 2 is 1.87 bits per heavy atom. The van der Waals surface area contributed by atoms with Crippen molar-refractivity contribution in [3.05, 3.63) is 11.6 Å². The highest BCUT2D eigenvalue weighted by Gasteiger charge is 2.72. The number of fused-ring (bicyclic) bond motifs is 5. The van der Waals surface area contributed by atoms with Crippen molar-refractivity contribution in [2.24, 2.45) is 34.5 Å². The number of aldehydes is 1. The molecule has 0 aromatic carbocycles. The molecule has 0 radical (unpaired) electrons. The molecule has 0 amide bonds. The maximum atomic E-state index is 12.5. The van der Waals surface area contributed by atoms with Gasteiger partial charge in [0.1, 0.15) is 12.9 Å². The minimum Gasteiger partial charge on any atom is -0.458 e. The zero-order chi connectivity index (χ0) is 21.5. The summed E-state index contributed by atoms with van der Waals surface area (Å²) in [5.41, 5.74) is -1.92. The molecule has 0 spiro atoms. The van der Waals surface area contributed by atoms with Crippen LogP contribution in [0, 0.1) is 34.5 Å². The Morgan fingerprint density at radius 3 is 2.53 bits per heavy atom. The number of carbonyl (C=O) groups is 2. The Balaban J connectivity index is 1.53. The Hall–Kier alpha value is -1.28. The molecule has 4 N–H and O–H groups in total. The summed E-state index contributed by atoms with van der Waals surface area (Å²) < 4.78 is 5.11. The van der Waals surface area contributed by atoms with Crippen LogP contribution in [0.4, 0.5) is 0 Å². The van der Waals surface area contributed by atoms with Crippen molar-refractivity contribution in [3.63, 3.8) is 0 Å². The molecule has 0 aromatic heterocycles. The molecular formula is C23H32O7. The lowest BCUT2D eigenvalue weighted by molar-refractivity contribution is -0.238. The van der Waals surface area contributed by atoms with Crippen LogP contribution in [0.5, 0.6) is 0 Å². The fourth-order valence-corrected chi connectivity index (χ4v) is 8.33. The molecule has 7 heteroatoms. The molecule has 0 aromatic rings.